The molecule has 39 heavy (non-hydrogen) atoms. The highest BCUT2D eigenvalue weighted by Crippen LogP contribution is 2.34. The number of benzene rings is 1. The molecule has 1 aliphatic rings. The van der Waals surface area contributed by atoms with Crippen molar-refractivity contribution in [3.63, 3.8) is 0 Å². The summed E-state index contributed by atoms with van der Waals surface area (Å²) in [5.74, 6) is -0.541. The van der Waals surface area contributed by atoms with Crippen molar-refractivity contribution in [2.45, 2.75) is 30.3 Å². The zero-order chi connectivity index (χ0) is 27.6. The number of sulfonamides is 1. The van der Waals surface area contributed by atoms with Crippen molar-refractivity contribution in [3.8, 4) is 16.9 Å². The van der Waals surface area contributed by atoms with Crippen LogP contribution in [0.1, 0.15) is 35.3 Å². The molecule has 1 aromatic carbocycles. The second kappa shape index (κ2) is 10.6. The van der Waals surface area contributed by atoms with Gasteiger partial charge in [0.15, 0.2) is 0 Å². The number of anilines is 1. The number of hydrogen-bond acceptors (Lipinski definition) is 6. The van der Waals surface area contributed by atoms with E-state index in [0.29, 0.717) is 18.7 Å². The fourth-order valence-corrected chi connectivity index (χ4v) is 5.82. The highest BCUT2D eigenvalue weighted by Gasteiger charge is 2.36. The molecule has 5 rings (SSSR count). The lowest BCUT2D eigenvalue weighted by Crippen LogP contribution is -2.35. The SMILES string of the molecule is O=C(Nc1ccc(-n2nc(-c3cccnc3)cc2C(F)(F)F)cn1)c1cccc(S(=O)(=O)N2CCCCC2)c1. The Kier molecular flexibility index (Phi) is 7.19. The van der Waals surface area contributed by atoms with Gasteiger partial charge in [0.1, 0.15) is 11.5 Å². The summed E-state index contributed by atoms with van der Waals surface area (Å²) in [7, 11) is -3.73. The number of rotatable bonds is 6. The van der Waals surface area contributed by atoms with Crippen LogP contribution in [0.2, 0.25) is 0 Å². The lowest BCUT2D eigenvalue weighted by molar-refractivity contribution is -0.142. The number of alkyl halides is 3. The Morgan fingerprint density at radius 1 is 0.949 bits per heavy atom. The summed E-state index contributed by atoms with van der Waals surface area (Å²) in [5, 5.41) is 6.65. The minimum atomic E-state index is -4.68. The predicted octanol–water partition coefficient (Wildman–Crippen LogP) is 4.78. The molecule has 1 aliphatic heterocycles. The number of pyridine rings is 2. The van der Waals surface area contributed by atoms with Crippen LogP contribution in [0.3, 0.4) is 0 Å². The van der Waals surface area contributed by atoms with Crippen LogP contribution in [0.25, 0.3) is 16.9 Å². The molecule has 4 heterocycles. The van der Waals surface area contributed by atoms with Crippen LogP contribution >= 0.6 is 0 Å². The average Bonchev–Trinajstić information content (AvgIpc) is 3.41. The van der Waals surface area contributed by atoms with Gasteiger partial charge >= 0.3 is 6.18 Å². The molecule has 13 heteroatoms. The number of hydrogen-bond donors (Lipinski definition) is 1. The van der Waals surface area contributed by atoms with Crippen molar-refractivity contribution in [1.29, 1.82) is 0 Å². The third-order valence-corrected chi connectivity index (χ3v) is 8.13. The molecule has 0 unspecified atom stereocenters. The molecule has 0 aliphatic carbocycles. The molecule has 202 valence electrons. The van der Waals surface area contributed by atoms with Crippen molar-refractivity contribution in [1.82, 2.24) is 24.1 Å². The number of amides is 1. The Bertz CT molecular complexity index is 1580. The van der Waals surface area contributed by atoms with Crippen molar-refractivity contribution < 1.29 is 26.4 Å². The van der Waals surface area contributed by atoms with Gasteiger partial charge in [-0.25, -0.2) is 18.1 Å². The second-order valence-electron chi connectivity index (χ2n) is 8.91. The maximum absolute atomic E-state index is 13.7. The first-order valence-electron chi connectivity index (χ1n) is 12.1. The molecule has 0 atom stereocenters. The van der Waals surface area contributed by atoms with Gasteiger partial charge < -0.3 is 5.32 Å². The normalized spacial score (nSPS) is 14.7. The second-order valence-corrected chi connectivity index (χ2v) is 10.9. The lowest BCUT2D eigenvalue weighted by Gasteiger charge is -2.26. The molecule has 1 amide bonds. The van der Waals surface area contributed by atoms with Crippen LogP contribution in [-0.2, 0) is 16.2 Å². The van der Waals surface area contributed by atoms with E-state index in [0.717, 1.165) is 36.2 Å². The summed E-state index contributed by atoms with van der Waals surface area (Å²) in [6.45, 7) is 0.871. The first-order valence-corrected chi connectivity index (χ1v) is 13.5. The van der Waals surface area contributed by atoms with Gasteiger partial charge in [-0.2, -0.15) is 22.6 Å². The number of nitrogens with zero attached hydrogens (tertiary/aromatic N) is 5. The Hall–Kier alpha value is -4.10. The van der Waals surface area contributed by atoms with E-state index in [4.69, 9.17) is 0 Å². The smallest absolute Gasteiger partial charge is 0.307 e. The van der Waals surface area contributed by atoms with Gasteiger partial charge in [0.25, 0.3) is 5.91 Å². The average molecular weight is 557 g/mol. The maximum Gasteiger partial charge on any atom is 0.433 e. The molecule has 3 aromatic heterocycles. The van der Waals surface area contributed by atoms with Crippen molar-refractivity contribution in [3.05, 3.63) is 84.4 Å². The Labute approximate surface area is 222 Å². The largest absolute Gasteiger partial charge is 0.433 e. The van der Waals surface area contributed by atoms with Gasteiger partial charge in [-0.05, 0) is 61.4 Å². The monoisotopic (exact) mass is 556 g/mol. The van der Waals surface area contributed by atoms with E-state index in [-0.39, 0.29) is 27.7 Å². The van der Waals surface area contributed by atoms with Crippen molar-refractivity contribution in [2.75, 3.05) is 18.4 Å². The van der Waals surface area contributed by atoms with E-state index < -0.39 is 27.8 Å². The van der Waals surface area contributed by atoms with Crippen LogP contribution in [0.15, 0.2) is 78.1 Å². The topological polar surface area (TPSA) is 110 Å². The van der Waals surface area contributed by atoms with E-state index in [1.54, 1.807) is 12.1 Å². The van der Waals surface area contributed by atoms with Gasteiger partial charge in [0.05, 0.1) is 22.5 Å². The van der Waals surface area contributed by atoms with E-state index >= 15 is 0 Å². The molecule has 1 saturated heterocycles. The van der Waals surface area contributed by atoms with E-state index in [9.17, 15) is 26.4 Å². The van der Waals surface area contributed by atoms with Crippen LogP contribution in [-0.4, -0.2) is 51.5 Å². The number of aromatic nitrogens is 4. The number of nitrogens with one attached hydrogen (secondary N) is 1. The van der Waals surface area contributed by atoms with Gasteiger partial charge in [0.2, 0.25) is 10.0 Å². The van der Waals surface area contributed by atoms with E-state index in [2.05, 4.69) is 20.4 Å². The molecule has 0 bridgehead atoms. The highest BCUT2D eigenvalue weighted by molar-refractivity contribution is 7.89. The molecular weight excluding hydrogens is 533 g/mol. The molecule has 0 spiro atoms. The lowest BCUT2D eigenvalue weighted by atomic mass is 10.2. The third kappa shape index (κ3) is 5.68. The van der Waals surface area contributed by atoms with Gasteiger partial charge in [-0.15, -0.1) is 0 Å². The molecule has 9 nitrogen and oxygen atoms in total. The first kappa shape index (κ1) is 26.5. The summed E-state index contributed by atoms with van der Waals surface area (Å²) in [6.07, 6.45) is 1.94. The van der Waals surface area contributed by atoms with Crippen LogP contribution in [0.4, 0.5) is 19.0 Å². The summed E-state index contributed by atoms with van der Waals surface area (Å²) in [6, 6.07) is 12.5. The number of carbonyl (C=O) groups is 1. The van der Waals surface area contributed by atoms with Gasteiger partial charge in [0, 0.05) is 36.6 Å². The minimum absolute atomic E-state index is 0.0168. The van der Waals surface area contributed by atoms with Gasteiger partial charge in [-0.1, -0.05) is 12.5 Å². The fraction of sp³-hybridized carbons (Fsp3) is 0.231. The minimum Gasteiger partial charge on any atom is -0.307 e. The quantitative estimate of drug-likeness (QED) is 0.366. The molecule has 0 radical (unpaired) electrons. The molecule has 1 fully saturated rings. The number of halogens is 3. The fourth-order valence-electron chi connectivity index (χ4n) is 4.26. The van der Waals surface area contributed by atoms with Gasteiger partial charge in [-0.3, -0.25) is 9.78 Å². The Balaban J connectivity index is 1.36. The zero-order valence-corrected chi connectivity index (χ0v) is 21.3. The molecule has 0 saturated carbocycles. The van der Waals surface area contributed by atoms with Crippen molar-refractivity contribution in [2.24, 2.45) is 0 Å². The maximum atomic E-state index is 13.7. The van der Waals surface area contributed by atoms with Crippen LogP contribution in [0, 0.1) is 0 Å². The Morgan fingerprint density at radius 2 is 1.74 bits per heavy atom. The van der Waals surface area contributed by atoms with Crippen molar-refractivity contribution >= 4 is 21.7 Å². The Morgan fingerprint density at radius 3 is 2.41 bits per heavy atom. The predicted molar refractivity (Wildman–Crippen MR) is 137 cm³/mol. The van der Waals surface area contributed by atoms with E-state index in [1.807, 2.05) is 0 Å². The van der Waals surface area contributed by atoms with E-state index in [1.165, 1.54) is 53.1 Å². The zero-order valence-electron chi connectivity index (χ0n) is 20.5. The number of piperidine rings is 1. The summed E-state index contributed by atoms with van der Waals surface area (Å²) < 4.78 is 69.3. The first-order chi connectivity index (χ1) is 18.6. The summed E-state index contributed by atoms with van der Waals surface area (Å²) >= 11 is 0. The highest BCUT2D eigenvalue weighted by atomic mass is 32.2. The molecule has 1 N–H and O–H groups in total. The molecular formula is C26H23F3N6O3S. The molecule has 4 aromatic rings. The summed E-state index contributed by atoms with van der Waals surface area (Å²) in [5.41, 5.74) is -0.349. The number of carbonyl (C=O) groups excluding carboxylic acids is 1. The summed E-state index contributed by atoms with van der Waals surface area (Å²) in [4.78, 5) is 20.8. The standard InChI is InChI=1S/C26H23F3N6O3S/c27-26(28,29)23-15-22(19-7-5-11-30-16-19)33-35(23)20-9-10-24(31-17-20)32-25(36)18-6-4-8-21(14-18)39(37,38)34-12-2-1-3-13-34/h4-11,14-17H,1-3,12-13H2,(H,31,32,36). The van der Waals surface area contributed by atoms with Crippen LogP contribution < -0.4 is 5.32 Å². The third-order valence-electron chi connectivity index (χ3n) is 6.24. The van der Waals surface area contributed by atoms with Crippen LogP contribution in [0.5, 0.6) is 0 Å².